The highest BCUT2D eigenvalue weighted by Gasteiger charge is 2.50. The van der Waals surface area contributed by atoms with Crippen LogP contribution >= 0.6 is 0 Å². The van der Waals surface area contributed by atoms with Gasteiger partial charge in [-0.15, -0.1) is 5.10 Å². The lowest BCUT2D eigenvalue weighted by Crippen LogP contribution is -2.57. The summed E-state index contributed by atoms with van der Waals surface area (Å²) in [6.45, 7) is 12.5. The van der Waals surface area contributed by atoms with E-state index in [4.69, 9.17) is 14.2 Å². The number of Topliss-reactive ketones (excluding diaryl/α,β-unsaturated/α-hetero) is 3. The summed E-state index contributed by atoms with van der Waals surface area (Å²) in [7, 11) is 1.77. The first-order valence-electron chi connectivity index (χ1n) is 25.0. The minimum atomic E-state index is -0.936. The van der Waals surface area contributed by atoms with Crippen LogP contribution in [0.3, 0.4) is 0 Å². The van der Waals surface area contributed by atoms with Gasteiger partial charge in [-0.05, 0) is 74.1 Å². The van der Waals surface area contributed by atoms with Gasteiger partial charge in [0.25, 0.3) is 0 Å². The van der Waals surface area contributed by atoms with Crippen LogP contribution in [0.25, 0.3) is 0 Å². The Labute approximate surface area is 413 Å². The highest BCUT2D eigenvalue weighted by atomic mass is 16.6. The van der Waals surface area contributed by atoms with Crippen molar-refractivity contribution in [3.63, 3.8) is 0 Å². The van der Waals surface area contributed by atoms with E-state index in [2.05, 4.69) is 20.9 Å². The zero-order chi connectivity index (χ0) is 50.3. The number of ether oxygens (including phenoxy) is 3. The molecule has 2 amide bonds. The monoisotopic (exact) mass is 962 g/mol. The molecular formula is C55H73N6O9+. The summed E-state index contributed by atoms with van der Waals surface area (Å²) in [5.74, 6) is -2.79. The van der Waals surface area contributed by atoms with Crippen LogP contribution in [0.5, 0.6) is 5.75 Å². The average molecular weight is 962 g/mol. The molecule has 0 saturated carbocycles. The van der Waals surface area contributed by atoms with Crippen LogP contribution in [-0.4, -0.2) is 112 Å². The van der Waals surface area contributed by atoms with Gasteiger partial charge in [-0.2, -0.15) is 0 Å². The van der Waals surface area contributed by atoms with E-state index in [1.165, 1.54) is 0 Å². The van der Waals surface area contributed by atoms with Crippen molar-refractivity contribution in [3.8, 4) is 5.75 Å². The third-order valence-electron chi connectivity index (χ3n) is 13.3. The van der Waals surface area contributed by atoms with E-state index in [9.17, 15) is 28.8 Å². The number of hydrogen-bond acceptors (Lipinski definition) is 11. The third-order valence-corrected chi connectivity index (χ3v) is 13.3. The van der Waals surface area contributed by atoms with Crippen LogP contribution in [0, 0.1) is 23.7 Å². The first-order chi connectivity index (χ1) is 33.5. The Kier molecular flexibility index (Phi) is 19.3. The number of aryl methyl sites for hydroxylation is 3. The van der Waals surface area contributed by atoms with Crippen LogP contribution in [0.1, 0.15) is 95.5 Å². The number of quaternary nitrogens is 1. The van der Waals surface area contributed by atoms with E-state index in [0.29, 0.717) is 87.5 Å². The number of rotatable bonds is 28. The molecule has 376 valence electrons. The molecule has 1 aromatic heterocycles. The maximum atomic E-state index is 14.7. The highest BCUT2D eigenvalue weighted by Crippen LogP contribution is 2.31. The molecule has 6 rings (SSSR count). The predicted octanol–water partition coefficient (Wildman–Crippen LogP) is 6.15. The Balaban J connectivity index is 1.18. The number of para-hydroxylation sites is 1. The molecule has 15 nitrogen and oxygen atoms in total. The number of aromatic nitrogens is 3. The Morgan fingerprint density at radius 2 is 1.37 bits per heavy atom. The van der Waals surface area contributed by atoms with Gasteiger partial charge < -0.3 is 29.3 Å². The summed E-state index contributed by atoms with van der Waals surface area (Å²) in [5, 5.41) is 14.1. The van der Waals surface area contributed by atoms with Crippen LogP contribution in [0.2, 0.25) is 0 Å². The van der Waals surface area contributed by atoms with Crippen molar-refractivity contribution in [1.82, 2.24) is 25.6 Å². The van der Waals surface area contributed by atoms with Gasteiger partial charge in [0.2, 0.25) is 11.8 Å². The number of hydrogen-bond donors (Lipinski definition) is 2. The van der Waals surface area contributed by atoms with Crippen LogP contribution in [0.4, 0.5) is 0 Å². The minimum absolute atomic E-state index is 0.0124. The Morgan fingerprint density at radius 1 is 0.771 bits per heavy atom. The number of nitrogens with one attached hydrogen (secondary N) is 2. The highest BCUT2D eigenvalue weighted by molar-refractivity contribution is 5.98. The lowest BCUT2D eigenvalue weighted by molar-refractivity contribution is -0.940. The molecule has 2 fully saturated rings. The molecule has 3 aromatic carbocycles. The molecule has 70 heavy (non-hydrogen) atoms. The summed E-state index contributed by atoms with van der Waals surface area (Å²) >= 11 is 0. The Hall–Kier alpha value is -5.90. The fraction of sp³-hybridized carbons (Fsp3) is 0.527. The SMILES string of the molecule is CC(C)C[C@H](NC(=O)[C@H](CCc1ccccc1)CC(=O)C[N+]1(Cc2ccccc2OC(=O)CCc2cn(C)nn2)CCOCC1)C(=O)C[C@@H](Cc1ccccc1)C(=O)N[C@@H](CC(C)C)C(=O)[C@@]1(C)CO1. The number of esters is 1. The van der Waals surface area contributed by atoms with Gasteiger partial charge in [0.1, 0.15) is 37.5 Å². The largest absolute Gasteiger partial charge is 0.426 e. The number of benzene rings is 3. The molecular weight excluding hydrogens is 889 g/mol. The van der Waals surface area contributed by atoms with Crippen LogP contribution < -0.4 is 15.4 Å². The minimum Gasteiger partial charge on any atom is -0.426 e. The summed E-state index contributed by atoms with van der Waals surface area (Å²) in [6, 6.07) is 24.9. The Morgan fingerprint density at radius 3 is 2.00 bits per heavy atom. The van der Waals surface area contributed by atoms with Crippen LogP contribution in [-0.2, 0) is 71.1 Å². The fourth-order valence-electron chi connectivity index (χ4n) is 9.32. The molecule has 2 saturated heterocycles. The lowest BCUT2D eigenvalue weighted by atomic mass is 9.87. The summed E-state index contributed by atoms with van der Waals surface area (Å²) < 4.78 is 19.1. The van der Waals surface area contributed by atoms with Crippen molar-refractivity contribution in [2.45, 2.75) is 117 Å². The first kappa shape index (κ1) is 53.5. The van der Waals surface area contributed by atoms with E-state index in [-0.39, 0.29) is 67.3 Å². The number of nitrogens with zero attached hydrogens (tertiary/aromatic N) is 4. The molecule has 0 aliphatic carbocycles. The van der Waals surface area contributed by atoms with Gasteiger partial charge in [0, 0.05) is 49.9 Å². The molecule has 2 aliphatic heterocycles. The van der Waals surface area contributed by atoms with Gasteiger partial charge in [-0.3, -0.25) is 33.4 Å². The van der Waals surface area contributed by atoms with Gasteiger partial charge in [0.15, 0.2) is 17.3 Å². The van der Waals surface area contributed by atoms with E-state index in [0.717, 1.165) is 16.7 Å². The van der Waals surface area contributed by atoms with Crippen molar-refractivity contribution in [1.29, 1.82) is 0 Å². The van der Waals surface area contributed by atoms with Gasteiger partial charge >= 0.3 is 5.97 Å². The molecule has 0 unspecified atom stereocenters. The maximum absolute atomic E-state index is 14.7. The van der Waals surface area contributed by atoms with E-state index < -0.39 is 41.4 Å². The molecule has 15 heteroatoms. The van der Waals surface area contributed by atoms with Crippen LogP contribution in [0.15, 0.2) is 91.1 Å². The number of epoxide rings is 1. The maximum Gasteiger partial charge on any atom is 0.311 e. The van der Waals surface area contributed by atoms with Crippen molar-refractivity contribution in [2.75, 3.05) is 39.5 Å². The van der Waals surface area contributed by atoms with Crippen molar-refractivity contribution >= 4 is 35.1 Å². The second kappa shape index (κ2) is 25.3. The predicted molar refractivity (Wildman–Crippen MR) is 264 cm³/mol. The Bertz CT molecular complexity index is 2380. The average Bonchev–Trinajstić information content (AvgIpc) is 3.95. The molecule has 2 aliphatic rings. The summed E-state index contributed by atoms with van der Waals surface area (Å²) in [4.78, 5) is 84.6. The lowest BCUT2D eigenvalue weighted by Gasteiger charge is -2.41. The molecule has 4 aromatic rings. The van der Waals surface area contributed by atoms with Gasteiger partial charge in [-0.25, -0.2) is 0 Å². The second-order valence-corrected chi connectivity index (χ2v) is 20.5. The second-order valence-electron chi connectivity index (χ2n) is 20.5. The molecule has 0 radical (unpaired) electrons. The first-order valence-corrected chi connectivity index (χ1v) is 25.0. The molecule has 0 bridgehead atoms. The third kappa shape index (κ3) is 16.3. The standard InChI is InChI=1S/C55H72N6O9/c1-38(2)29-47(49(63)33-44(31-41-17-11-8-12-18-41)54(67)57-48(30-39(3)4)52(65)55(5)37-69-55)56-53(66)42(22-21-40-15-9-7-10-16-40)32-46(62)36-61(25-27-68-28-26-61)35-43-19-13-14-20-50(43)70-51(64)24-23-45-34-60(6)59-58-45/h7-20,34,38-39,42,44,47-48H,21-33,35-37H2,1-6H3,(H-,56,57,66,67)/p+1/t42-,44-,47+,48+,55-/m1/s1. The van der Waals surface area contributed by atoms with Crippen molar-refractivity contribution < 1.29 is 47.5 Å². The topological polar surface area (TPSA) is 188 Å². The van der Waals surface area contributed by atoms with Gasteiger partial charge in [-0.1, -0.05) is 106 Å². The fourth-order valence-corrected chi connectivity index (χ4v) is 9.32. The number of ketones is 3. The quantitative estimate of drug-likeness (QED) is 0.0288. The molecule has 3 heterocycles. The number of morpholine rings is 1. The number of carbonyl (C=O) groups is 6. The van der Waals surface area contributed by atoms with Gasteiger partial charge in [0.05, 0.1) is 44.0 Å². The molecule has 5 atom stereocenters. The zero-order valence-corrected chi connectivity index (χ0v) is 41.9. The normalized spacial score (nSPS) is 18.1. The number of amides is 2. The van der Waals surface area contributed by atoms with Crippen molar-refractivity contribution in [2.24, 2.45) is 30.7 Å². The molecule has 2 N–H and O–H groups in total. The number of carbonyl (C=O) groups excluding carboxylic acids is 6. The molecule has 0 spiro atoms. The van der Waals surface area contributed by atoms with E-state index in [1.54, 1.807) is 30.9 Å². The summed E-state index contributed by atoms with van der Waals surface area (Å²) in [6.07, 6.45) is 3.98. The zero-order valence-electron chi connectivity index (χ0n) is 41.9. The van der Waals surface area contributed by atoms with E-state index in [1.807, 2.05) is 107 Å². The van der Waals surface area contributed by atoms with E-state index >= 15 is 0 Å². The smallest absolute Gasteiger partial charge is 0.311 e. The summed E-state index contributed by atoms with van der Waals surface area (Å²) in [5.41, 5.74) is 2.42. The van der Waals surface area contributed by atoms with Crippen molar-refractivity contribution in [3.05, 3.63) is 114 Å².